The highest BCUT2D eigenvalue weighted by Gasteiger charge is 2.17. The first-order valence-electron chi connectivity index (χ1n) is 5.91. The molecule has 0 saturated carbocycles. The van der Waals surface area contributed by atoms with Crippen LogP contribution in [0.4, 0.5) is 10.1 Å². The maximum Gasteiger partial charge on any atom is 0.419 e. The van der Waals surface area contributed by atoms with E-state index in [1.807, 2.05) is 0 Å². The molecule has 1 aromatic carbocycles. The first kappa shape index (κ1) is 11.3. The molecule has 2 heterocycles. The summed E-state index contributed by atoms with van der Waals surface area (Å²) in [4.78, 5) is 13.5. The highest BCUT2D eigenvalue weighted by molar-refractivity contribution is 5.78. The molecule has 5 nitrogen and oxygen atoms in total. The van der Waals surface area contributed by atoms with Gasteiger partial charge in [0.1, 0.15) is 0 Å². The zero-order valence-electron chi connectivity index (χ0n) is 10.1. The van der Waals surface area contributed by atoms with Crippen LogP contribution in [0.5, 0.6) is 0 Å². The molecule has 18 heavy (non-hydrogen) atoms. The van der Waals surface area contributed by atoms with Gasteiger partial charge < -0.3 is 14.6 Å². The number of piperazine rings is 1. The van der Waals surface area contributed by atoms with Gasteiger partial charge in [-0.15, -0.1) is 0 Å². The Hall–Kier alpha value is -1.82. The Bertz CT molecular complexity index is 641. The van der Waals surface area contributed by atoms with Crippen molar-refractivity contribution in [3.63, 3.8) is 0 Å². The number of anilines is 1. The van der Waals surface area contributed by atoms with Crippen LogP contribution in [0.2, 0.25) is 0 Å². The van der Waals surface area contributed by atoms with Crippen molar-refractivity contribution in [1.29, 1.82) is 0 Å². The van der Waals surface area contributed by atoms with Crippen LogP contribution in [0.15, 0.2) is 21.3 Å². The van der Waals surface area contributed by atoms with E-state index in [0.29, 0.717) is 5.52 Å². The number of rotatable bonds is 1. The molecule has 3 rings (SSSR count). The first-order chi connectivity index (χ1) is 8.66. The van der Waals surface area contributed by atoms with E-state index in [9.17, 15) is 9.18 Å². The zero-order valence-corrected chi connectivity index (χ0v) is 10.1. The average Bonchev–Trinajstić information content (AvgIpc) is 2.68. The number of hydrogen-bond donors (Lipinski definition) is 1. The minimum absolute atomic E-state index is 0.0291. The number of oxazole rings is 1. The molecular weight excluding hydrogens is 237 g/mol. The van der Waals surface area contributed by atoms with Crippen molar-refractivity contribution in [2.24, 2.45) is 7.05 Å². The van der Waals surface area contributed by atoms with Crippen molar-refractivity contribution in [2.75, 3.05) is 31.1 Å². The highest BCUT2D eigenvalue weighted by Crippen LogP contribution is 2.24. The van der Waals surface area contributed by atoms with E-state index in [2.05, 4.69) is 10.2 Å². The summed E-state index contributed by atoms with van der Waals surface area (Å²) >= 11 is 0. The fourth-order valence-electron chi connectivity index (χ4n) is 2.27. The van der Waals surface area contributed by atoms with Crippen LogP contribution in [0.1, 0.15) is 0 Å². The standard InChI is InChI=1S/C12H14FN3O2/c1-15-10-7-8(16-4-2-14-3-5-16)6-9(13)11(10)18-12(15)17/h6-7,14H,2-5H2,1H3. The van der Waals surface area contributed by atoms with Crippen molar-refractivity contribution in [3.05, 3.63) is 28.5 Å². The Morgan fingerprint density at radius 3 is 2.78 bits per heavy atom. The lowest BCUT2D eigenvalue weighted by atomic mass is 10.2. The van der Waals surface area contributed by atoms with Gasteiger partial charge in [0.25, 0.3) is 0 Å². The minimum Gasteiger partial charge on any atom is -0.405 e. The average molecular weight is 251 g/mol. The molecule has 2 aromatic rings. The number of aryl methyl sites for hydroxylation is 1. The number of aromatic nitrogens is 1. The van der Waals surface area contributed by atoms with Crippen molar-refractivity contribution in [2.45, 2.75) is 0 Å². The third-order valence-corrected chi connectivity index (χ3v) is 3.32. The lowest BCUT2D eigenvalue weighted by molar-refractivity contribution is 0.505. The molecule has 0 atom stereocenters. The third kappa shape index (κ3) is 1.69. The largest absolute Gasteiger partial charge is 0.419 e. The van der Waals surface area contributed by atoms with Gasteiger partial charge in [-0.1, -0.05) is 0 Å². The Morgan fingerprint density at radius 1 is 1.33 bits per heavy atom. The van der Waals surface area contributed by atoms with Crippen molar-refractivity contribution >= 4 is 16.8 Å². The number of nitrogens with zero attached hydrogens (tertiary/aromatic N) is 2. The summed E-state index contributed by atoms with van der Waals surface area (Å²) in [6, 6.07) is 3.23. The molecule has 0 radical (unpaired) electrons. The van der Waals surface area contributed by atoms with Crippen molar-refractivity contribution in [1.82, 2.24) is 9.88 Å². The molecule has 1 N–H and O–H groups in total. The number of hydrogen-bond acceptors (Lipinski definition) is 4. The van der Waals surface area contributed by atoms with E-state index in [-0.39, 0.29) is 5.58 Å². The molecular formula is C12H14FN3O2. The van der Waals surface area contributed by atoms with Gasteiger partial charge in [-0.25, -0.2) is 9.18 Å². The van der Waals surface area contributed by atoms with Crippen LogP contribution in [-0.2, 0) is 7.05 Å². The van der Waals surface area contributed by atoms with Gasteiger partial charge >= 0.3 is 5.76 Å². The Balaban J connectivity index is 2.13. The predicted octanol–water partition coefficient (Wildman–Crippen LogP) is 0.680. The second-order valence-electron chi connectivity index (χ2n) is 4.44. The Kier molecular flexibility index (Phi) is 2.59. The fraction of sp³-hybridized carbons (Fsp3) is 0.417. The van der Waals surface area contributed by atoms with Crippen LogP contribution in [0, 0.1) is 5.82 Å². The zero-order chi connectivity index (χ0) is 12.7. The summed E-state index contributed by atoms with van der Waals surface area (Å²) < 4.78 is 20.1. The SMILES string of the molecule is Cn1c(=O)oc2c(F)cc(N3CCNCC3)cc21. The first-order valence-corrected chi connectivity index (χ1v) is 5.91. The summed E-state index contributed by atoms with van der Waals surface area (Å²) in [5.74, 6) is -1.03. The smallest absolute Gasteiger partial charge is 0.405 e. The normalized spacial score (nSPS) is 16.4. The molecule has 1 aromatic heterocycles. The Labute approximate surface area is 103 Å². The lowest BCUT2D eigenvalue weighted by Crippen LogP contribution is -2.43. The summed E-state index contributed by atoms with van der Waals surface area (Å²) in [5.41, 5.74) is 1.31. The summed E-state index contributed by atoms with van der Waals surface area (Å²) in [5, 5.41) is 3.24. The number of benzene rings is 1. The predicted molar refractivity (Wildman–Crippen MR) is 66.5 cm³/mol. The van der Waals surface area contributed by atoms with E-state index < -0.39 is 11.6 Å². The molecule has 0 spiro atoms. The van der Waals surface area contributed by atoms with E-state index in [1.54, 1.807) is 13.1 Å². The maximum atomic E-state index is 13.9. The van der Waals surface area contributed by atoms with Crippen LogP contribution in [0.3, 0.4) is 0 Å². The molecule has 0 bridgehead atoms. The number of nitrogens with one attached hydrogen (secondary N) is 1. The van der Waals surface area contributed by atoms with Gasteiger partial charge in [0.2, 0.25) is 0 Å². The van der Waals surface area contributed by atoms with E-state index in [4.69, 9.17) is 4.42 Å². The van der Waals surface area contributed by atoms with Crippen molar-refractivity contribution in [3.8, 4) is 0 Å². The Morgan fingerprint density at radius 2 is 2.06 bits per heavy atom. The summed E-state index contributed by atoms with van der Waals surface area (Å²) in [7, 11) is 1.58. The molecule has 1 aliphatic heterocycles. The van der Waals surface area contributed by atoms with Gasteiger partial charge in [-0.2, -0.15) is 0 Å². The fourth-order valence-corrected chi connectivity index (χ4v) is 2.27. The third-order valence-electron chi connectivity index (χ3n) is 3.32. The van der Waals surface area contributed by atoms with Gasteiger partial charge in [0, 0.05) is 45.0 Å². The minimum atomic E-state index is -0.540. The van der Waals surface area contributed by atoms with E-state index >= 15 is 0 Å². The maximum absolute atomic E-state index is 13.9. The molecule has 96 valence electrons. The van der Waals surface area contributed by atoms with Gasteiger partial charge in [0.05, 0.1) is 5.52 Å². The molecule has 0 unspecified atom stereocenters. The summed E-state index contributed by atoms with van der Waals surface area (Å²) in [6.45, 7) is 3.42. The second-order valence-corrected chi connectivity index (χ2v) is 4.44. The second kappa shape index (κ2) is 4.13. The van der Waals surface area contributed by atoms with Crippen LogP contribution in [-0.4, -0.2) is 30.7 Å². The van der Waals surface area contributed by atoms with E-state index in [0.717, 1.165) is 31.9 Å². The summed E-state index contributed by atoms with van der Waals surface area (Å²) in [6.07, 6.45) is 0. The molecule has 6 heteroatoms. The monoisotopic (exact) mass is 251 g/mol. The number of fused-ring (bicyclic) bond motifs is 1. The van der Waals surface area contributed by atoms with Crippen LogP contribution >= 0.6 is 0 Å². The molecule has 0 amide bonds. The lowest BCUT2D eigenvalue weighted by Gasteiger charge is -2.29. The molecule has 1 aliphatic rings. The van der Waals surface area contributed by atoms with Gasteiger partial charge in [0.15, 0.2) is 11.4 Å². The molecule has 1 saturated heterocycles. The van der Waals surface area contributed by atoms with Crippen molar-refractivity contribution < 1.29 is 8.81 Å². The molecule has 1 fully saturated rings. The molecule has 0 aliphatic carbocycles. The topological polar surface area (TPSA) is 50.4 Å². The van der Waals surface area contributed by atoms with Gasteiger partial charge in [-0.05, 0) is 6.07 Å². The highest BCUT2D eigenvalue weighted by atomic mass is 19.1. The number of halogens is 1. The van der Waals surface area contributed by atoms with Crippen LogP contribution in [0.25, 0.3) is 11.1 Å². The van der Waals surface area contributed by atoms with E-state index in [1.165, 1.54) is 10.6 Å². The van der Waals surface area contributed by atoms with Gasteiger partial charge in [-0.3, -0.25) is 4.57 Å². The van der Waals surface area contributed by atoms with Crippen LogP contribution < -0.4 is 16.0 Å². The quantitative estimate of drug-likeness (QED) is 0.809.